The van der Waals surface area contributed by atoms with Crippen molar-refractivity contribution in [2.45, 2.75) is 31.8 Å². The first kappa shape index (κ1) is 11.6. The summed E-state index contributed by atoms with van der Waals surface area (Å²) in [6, 6.07) is 0. The molecule has 0 bridgehead atoms. The summed E-state index contributed by atoms with van der Waals surface area (Å²) in [6.45, 7) is 4.00. The third-order valence-corrected chi connectivity index (χ3v) is 3.82. The van der Waals surface area contributed by atoms with Crippen LogP contribution >= 0.6 is 0 Å². The normalized spacial score (nSPS) is 29.4. The van der Waals surface area contributed by atoms with E-state index >= 15 is 0 Å². The maximum Gasteiger partial charge on any atom is 0.0534 e. The first-order valence-electron chi connectivity index (χ1n) is 5.94. The lowest BCUT2D eigenvalue weighted by Gasteiger charge is -2.52. The highest BCUT2D eigenvalue weighted by molar-refractivity contribution is 5.08. The molecule has 1 aromatic heterocycles. The average Bonchev–Trinajstić information content (AvgIpc) is 2.58. The minimum atomic E-state index is 0.231. The van der Waals surface area contributed by atoms with E-state index < -0.39 is 0 Å². The smallest absolute Gasteiger partial charge is 0.0534 e. The Morgan fingerprint density at radius 2 is 2.31 bits per heavy atom. The number of rotatable bonds is 4. The van der Waals surface area contributed by atoms with Gasteiger partial charge in [-0.15, -0.1) is 0 Å². The van der Waals surface area contributed by atoms with Gasteiger partial charge in [0.1, 0.15) is 0 Å². The monoisotopic (exact) mass is 222 g/mol. The summed E-state index contributed by atoms with van der Waals surface area (Å²) in [5, 5.41) is 4.20. The Labute approximate surface area is 97.4 Å². The molecule has 16 heavy (non-hydrogen) atoms. The molecule has 0 aromatic carbocycles. The van der Waals surface area contributed by atoms with Crippen LogP contribution in [0.3, 0.4) is 0 Å². The van der Waals surface area contributed by atoms with Gasteiger partial charge in [0.15, 0.2) is 0 Å². The zero-order valence-corrected chi connectivity index (χ0v) is 10.5. The molecule has 1 aliphatic rings. The molecule has 1 saturated carbocycles. The summed E-state index contributed by atoms with van der Waals surface area (Å²) in [7, 11) is 4.12. The fourth-order valence-electron chi connectivity index (χ4n) is 2.87. The maximum atomic E-state index is 5.93. The Bertz CT molecular complexity index is 352. The molecule has 1 aliphatic carbocycles. The second-order valence-corrected chi connectivity index (χ2v) is 5.32. The summed E-state index contributed by atoms with van der Waals surface area (Å²) in [4.78, 5) is 2.39. The van der Waals surface area contributed by atoms with Crippen molar-refractivity contribution in [1.29, 1.82) is 0 Å². The second-order valence-electron chi connectivity index (χ2n) is 5.32. The first-order chi connectivity index (χ1) is 7.55. The molecule has 0 amide bonds. The van der Waals surface area contributed by atoms with Gasteiger partial charge in [0.25, 0.3) is 0 Å². The van der Waals surface area contributed by atoms with Crippen LogP contribution in [0.2, 0.25) is 0 Å². The maximum absolute atomic E-state index is 5.93. The molecule has 2 rings (SSSR count). The zero-order chi connectivity index (χ0) is 11.8. The third kappa shape index (κ3) is 1.99. The summed E-state index contributed by atoms with van der Waals surface area (Å²) in [5.74, 6) is 0.819. The van der Waals surface area contributed by atoms with Crippen molar-refractivity contribution in [2.75, 3.05) is 13.6 Å². The first-order valence-corrected chi connectivity index (χ1v) is 5.94. The fraction of sp³-hybridized carbons (Fsp3) is 0.750. The van der Waals surface area contributed by atoms with Crippen molar-refractivity contribution in [3.8, 4) is 0 Å². The minimum absolute atomic E-state index is 0.231. The Morgan fingerprint density at radius 1 is 1.62 bits per heavy atom. The van der Waals surface area contributed by atoms with Crippen LogP contribution in [-0.2, 0) is 13.6 Å². The van der Waals surface area contributed by atoms with E-state index in [1.54, 1.807) is 0 Å². The number of hydrogen-bond donors (Lipinski definition) is 1. The van der Waals surface area contributed by atoms with Crippen LogP contribution in [0.5, 0.6) is 0 Å². The van der Waals surface area contributed by atoms with Crippen molar-refractivity contribution >= 4 is 0 Å². The van der Waals surface area contributed by atoms with Crippen LogP contribution in [0.4, 0.5) is 0 Å². The molecule has 4 nitrogen and oxygen atoms in total. The van der Waals surface area contributed by atoms with Gasteiger partial charge in [-0.25, -0.2) is 0 Å². The number of aromatic nitrogens is 2. The topological polar surface area (TPSA) is 47.1 Å². The van der Waals surface area contributed by atoms with Crippen molar-refractivity contribution in [3.05, 3.63) is 18.0 Å². The van der Waals surface area contributed by atoms with Gasteiger partial charge in [-0.3, -0.25) is 9.58 Å². The molecule has 0 aliphatic heterocycles. The van der Waals surface area contributed by atoms with Gasteiger partial charge in [0.05, 0.1) is 6.20 Å². The van der Waals surface area contributed by atoms with Crippen molar-refractivity contribution < 1.29 is 0 Å². The van der Waals surface area contributed by atoms with Crippen LogP contribution in [0.15, 0.2) is 12.4 Å². The van der Waals surface area contributed by atoms with Gasteiger partial charge in [0, 0.05) is 37.4 Å². The zero-order valence-electron chi connectivity index (χ0n) is 10.5. The molecule has 0 spiro atoms. The van der Waals surface area contributed by atoms with Crippen LogP contribution in [0.25, 0.3) is 0 Å². The highest BCUT2D eigenvalue weighted by Crippen LogP contribution is 2.41. The van der Waals surface area contributed by atoms with Crippen LogP contribution in [0.1, 0.15) is 25.3 Å². The number of nitrogens with two attached hydrogens (primary N) is 1. The van der Waals surface area contributed by atoms with E-state index in [1.807, 2.05) is 17.9 Å². The number of aryl methyl sites for hydroxylation is 1. The Morgan fingerprint density at radius 3 is 2.75 bits per heavy atom. The van der Waals surface area contributed by atoms with Crippen LogP contribution < -0.4 is 5.73 Å². The molecule has 0 saturated heterocycles. The van der Waals surface area contributed by atoms with Gasteiger partial charge >= 0.3 is 0 Å². The van der Waals surface area contributed by atoms with E-state index in [4.69, 9.17) is 5.73 Å². The van der Waals surface area contributed by atoms with Gasteiger partial charge in [-0.2, -0.15) is 5.10 Å². The standard InChI is InChI=1S/C12H22N4/c1-10-4-12(5-10,9-13)15(2)7-11-6-14-16(3)8-11/h6,8,10H,4-5,7,9,13H2,1-3H3. The fourth-order valence-corrected chi connectivity index (χ4v) is 2.87. The molecule has 4 heteroatoms. The minimum Gasteiger partial charge on any atom is -0.329 e. The lowest BCUT2D eigenvalue weighted by molar-refractivity contribution is 0.000271. The highest BCUT2D eigenvalue weighted by atomic mass is 15.3. The van der Waals surface area contributed by atoms with Crippen molar-refractivity contribution in [2.24, 2.45) is 18.7 Å². The quantitative estimate of drug-likeness (QED) is 0.826. The molecule has 0 unspecified atom stereocenters. The predicted molar refractivity (Wildman–Crippen MR) is 64.9 cm³/mol. The van der Waals surface area contributed by atoms with Gasteiger partial charge in [-0.05, 0) is 25.8 Å². The van der Waals surface area contributed by atoms with E-state index in [2.05, 4.69) is 30.2 Å². The summed E-state index contributed by atoms with van der Waals surface area (Å²) in [5.41, 5.74) is 7.42. The summed E-state index contributed by atoms with van der Waals surface area (Å²) in [6.07, 6.45) is 6.45. The Hall–Kier alpha value is -0.870. The van der Waals surface area contributed by atoms with Gasteiger partial charge in [-0.1, -0.05) is 6.92 Å². The highest BCUT2D eigenvalue weighted by Gasteiger charge is 2.43. The molecule has 1 aromatic rings. The van der Waals surface area contributed by atoms with E-state index in [1.165, 1.54) is 18.4 Å². The largest absolute Gasteiger partial charge is 0.329 e. The third-order valence-electron chi connectivity index (χ3n) is 3.82. The average molecular weight is 222 g/mol. The Kier molecular flexibility index (Phi) is 3.04. The molecular formula is C12H22N4. The molecular weight excluding hydrogens is 200 g/mol. The van der Waals surface area contributed by atoms with Crippen molar-refractivity contribution in [1.82, 2.24) is 14.7 Å². The SMILES string of the molecule is CC1CC(CN)(N(C)Cc2cnn(C)c2)C1. The molecule has 0 radical (unpaired) electrons. The van der Waals surface area contributed by atoms with E-state index in [0.717, 1.165) is 19.0 Å². The predicted octanol–water partition coefficient (Wildman–Crippen LogP) is 0.979. The molecule has 1 fully saturated rings. The summed E-state index contributed by atoms with van der Waals surface area (Å²) < 4.78 is 1.85. The van der Waals surface area contributed by atoms with Crippen molar-refractivity contribution in [3.63, 3.8) is 0 Å². The molecule has 90 valence electrons. The van der Waals surface area contributed by atoms with E-state index in [9.17, 15) is 0 Å². The van der Waals surface area contributed by atoms with Crippen LogP contribution in [0, 0.1) is 5.92 Å². The molecule has 2 N–H and O–H groups in total. The number of nitrogens with zero attached hydrogens (tertiary/aromatic N) is 3. The molecule has 1 heterocycles. The van der Waals surface area contributed by atoms with E-state index in [0.29, 0.717) is 0 Å². The van der Waals surface area contributed by atoms with E-state index in [-0.39, 0.29) is 5.54 Å². The lowest BCUT2D eigenvalue weighted by Crippen LogP contribution is -2.59. The lowest BCUT2D eigenvalue weighted by atomic mass is 9.68. The van der Waals surface area contributed by atoms with Gasteiger partial charge in [0.2, 0.25) is 0 Å². The summed E-state index contributed by atoms with van der Waals surface area (Å²) >= 11 is 0. The number of hydrogen-bond acceptors (Lipinski definition) is 3. The second kappa shape index (κ2) is 4.18. The molecule has 0 atom stereocenters. The van der Waals surface area contributed by atoms with Gasteiger partial charge < -0.3 is 5.73 Å². The Balaban J connectivity index is 1.99. The van der Waals surface area contributed by atoms with Crippen LogP contribution in [-0.4, -0.2) is 33.8 Å². The number of likely N-dealkylation sites (N-methyl/N-ethyl adjacent to an activating group) is 1.